The fourth-order valence-electron chi connectivity index (χ4n) is 2.14. The summed E-state index contributed by atoms with van der Waals surface area (Å²) < 4.78 is 10.3. The number of benzene rings is 2. The van der Waals surface area contributed by atoms with Crippen molar-refractivity contribution in [1.82, 2.24) is 0 Å². The van der Waals surface area contributed by atoms with Gasteiger partial charge in [0.2, 0.25) is 0 Å². The van der Waals surface area contributed by atoms with Crippen molar-refractivity contribution in [3.8, 4) is 5.75 Å². The lowest BCUT2D eigenvalue weighted by Gasteiger charge is -2.11. The molecule has 0 aromatic heterocycles. The summed E-state index contributed by atoms with van der Waals surface area (Å²) in [6.45, 7) is 7.01. The molecule has 0 aliphatic heterocycles. The van der Waals surface area contributed by atoms with E-state index in [2.05, 4.69) is 0 Å². The van der Waals surface area contributed by atoms with E-state index in [4.69, 9.17) is 9.47 Å². The standard InChI is InChI=1S/C18H20O5/c1-10(2)22-17(20)13-6-5-12-9-16(19)15(8-14(12)7-13)18(21)23-11(3)4/h5-11,19H,1-4H3. The van der Waals surface area contributed by atoms with Crippen LogP contribution in [0.15, 0.2) is 30.3 Å². The Bertz CT molecular complexity index is 746. The van der Waals surface area contributed by atoms with E-state index < -0.39 is 11.9 Å². The highest BCUT2D eigenvalue weighted by Crippen LogP contribution is 2.27. The number of esters is 2. The first-order valence-corrected chi connectivity index (χ1v) is 7.46. The molecule has 0 spiro atoms. The summed E-state index contributed by atoms with van der Waals surface area (Å²) in [5.74, 6) is -1.18. The molecule has 23 heavy (non-hydrogen) atoms. The number of carbonyl (C=O) groups is 2. The summed E-state index contributed by atoms with van der Waals surface area (Å²) in [6, 6.07) is 7.94. The second kappa shape index (κ2) is 6.69. The Morgan fingerprint density at radius 2 is 1.48 bits per heavy atom. The predicted molar refractivity (Wildman–Crippen MR) is 86.7 cm³/mol. The first-order valence-electron chi connectivity index (χ1n) is 7.46. The highest BCUT2D eigenvalue weighted by atomic mass is 16.5. The largest absolute Gasteiger partial charge is 0.507 e. The highest BCUT2D eigenvalue weighted by Gasteiger charge is 2.16. The maximum Gasteiger partial charge on any atom is 0.342 e. The van der Waals surface area contributed by atoms with Crippen molar-refractivity contribution in [2.75, 3.05) is 0 Å². The van der Waals surface area contributed by atoms with Gasteiger partial charge < -0.3 is 14.6 Å². The molecule has 0 unspecified atom stereocenters. The van der Waals surface area contributed by atoms with Crippen molar-refractivity contribution in [2.45, 2.75) is 39.9 Å². The number of hydrogen-bond donors (Lipinski definition) is 1. The molecule has 122 valence electrons. The van der Waals surface area contributed by atoms with Gasteiger partial charge in [-0.25, -0.2) is 9.59 Å². The van der Waals surface area contributed by atoms with Crippen molar-refractivity contribution in [1.29, 1.82) is 0 Å². The summed E-state index contributed by atoms with van der Waals surface area (Å²) in [6.07, 6.45) is -0.500. The molecule has 0 atom stereocenters. The minimum Gasteiger partial charge on any atom is -0.507 e. The monoisotopic (exact) mass is 316 g/mol. The van der Waals surface area contributed by atoms with E-state index in [1.54, 1.807) is 45.9 Å². The number of hydrogen-bond acceptors (Lipinski definition) is 5. The van der Waals surface area contributed by atoms with Crippen molar-refractivity contribution in [3.05, 3.63) is 41.5 Å². The van der Waals surface area contributed by atoms with Crippen LogP contribution in [0, 0.1) is 0 Å². The normalized spacial score (nSPS) is 11.0. The number of carbonyl (C=O) groups excluding carboxylic acids is 2. The second-order valence-corrected chi connectivity index (χ2v) is 5.84. The number of ether oxygens (including phenoxy) is 2. The molecule has 0 amide bonds. The summed E-state index contributed by atoms with van der Waals surface area (Å²) >= 11 is 0. The Labute approximate surface area is 134 Å². The van der Waals surface area contributed by atoms with Crippen LogP contribution in [0.5, 0.6) is 5.75 Å². The minimum absolute atomic E-state index is 0.0700. The van der Waals surface area contributed by atoms with Crippen LogP contribution in [0.1, 0.15) is 48.4 Å². The van der Waals surface area contributed by atoms with Gasteiger partial charge in [0.1, 0.15) is 11.3 Å². The van der Waals surface area contributed by atoms with Gasteiger partial charge in [-0.15, -0.1) is 0 Å². The summed E-state index contributed by atoms with van der Waals surface area (Å²) in [5.41, 5.74) is 0.459. The molecular weight excluding hydrogens is 296 g/mol. The van der Waals surface area contributed by atoms with Crippen molar-refractivity contribution < 1.29 is 24.2 Å². The van der Waals surface area contributed by atoms with Crippen LogP contribution < -0.4 is 0 Å². The number of rotatable bonds is 4. The molecule has 1 N–H and O–H groups in total. The molecule has 5 heteroatoms. The van der Waals surface area contributed by atoms with Crippen LogP contribution in [0.2, 0.25) is 0 Å². The van der Waals surface area contributed by atoms with Gasteiger partial charge in [0.15, 0.2) is 0 Å². The smallest absolute Gasteiger partial charge is 0.342 e. The lowest BCUT2D eigenvalue weighted by molar-refractivity contribution is 0.0366. The van der Waals surface area contributed by atoms with Gasteiger partial charge in [-0.1, -0.05) is 6.07 Å². The fourth-order valence-corrected chi connectivity index (χ4v) is 2.14. The van der Waals surface area contributed by atoms with E-state index in [9.17, 15) is 14.7 Å². The third-order valence-electron chi connectivity index (χ3n) is 3.10. The number of phenols is 1. The summed E-state index contributed by atoms with van der Waals surface area (Å²) in [7, 11) is 0. The molecule has 5 nitrogen and oxygen atoms in total. The number of aromatic hydroxyl groups is 1. The molecule has 2 aromatic carbocycles. The van der Waals surface area contributed by atoms with Gasteiger partial charge in [0.25, 0.3) is 0 Å². The average molecular weight is 316 g/mol. The lowest BCUT2D eigenvalue weighted by atomic mass is 10.0. The molecule has 2 rings (SSSR count). The third kappa shape index (κ3) is 4.00. The maximum atomic E-state index is 12.0. The number of phenolic OH excluding ortho intramolecular Hbond substituents is 1. The molecule has 0 saturated carbocycles. The molecule has 0 aliphatic carbocycles. The van der Waals surface area contributed by atoms with E-state index in [-0.39, 0.29) is 23.5 Å². The first-order chi connectivity index (χ1) is 10.8. The van der Waals surface area contributed by atoms with E-state index in [1.807, 2.05) is 0 Å². The minimum atomic E-state index is -0.602. The SMILES string of the molecule is CC(C)OC(=O)c1ccc2cc(O)c(C(=O)OC(C)C)cc2c1. The lowest BCUT2D eigenvalue weighted by Crippen LogP contribution is -2.12. The summed E-state index contributed by atoms with van der Waals surface area (Å²) in [4.78, 5) is 24.0. The topological polar surface area (TPSA) is 72.8 Å². The molecule has 0 fully saturated rings. The van der Waals surface area contributed by atoms with Gasteiger partial charge in [-0.05, 0) is 62.7 Å². The van der Waals surface area contributed by atoms with Gasteiger partial charge in [-0.2, -0.15) is 0 Å². The van der Waals surface area contributed by atoms with Gasteiger partial charge in [0.05, 0.1) is 17.8 Å². The first kappa shape index (κ1) is 16.8. The number of fused-ring (bicyclic) bond motifs is 1. The Balaban J connectivity index is 2.43. The fraction of sp³-hybridized carbons (Fsp3) is 0.333. The molecule has 0 bridgehead atoms. The zero-order chi connectivity index (χ0) is 17.1. The Hall–Kier alpha value is -2.56. The second-order valence-electron chi connectivity index (χ2n) is 5.84. The van der Waals surface area contributed by atoms with E-state index in [1.165, 1.54) is 12.1 Å². The van der Waals surface area contributed by atoms with Crippen LogP contribution in [-0.4, -0.2) is 29.3 Å². The zero-order valence-corrected chi connectivity index (χ0v) is 13.6. The zero-order valence-electron chi connectivity index (χ0n) is 13.6. The Kier molecular flexibility index (Phi) is 4.89. The third-order valence-corrected chi connectivity index (χ3v) is 3.10. The van der Waals surface area contributed by atoms with Crippen LogP contribution in [0.4, 0.5) is 0 Å². The Morgan fingerprint density at radius 1 is 0.870 bits per heavy atom. The van der Waals surface area contributed by atoms with Crippen LogP contribution in [0.25, 0.3) is 10.8 Å². The maximum absolute atomic E-state index is 12.0. The van der Waals surface area contributed by atoms with E-state index in [0.29, 0.717) is 16.3 Å². The van der Waals surface area contributed by atoms with Gasteiger partial charge in [-0.3, -0.25) is 0 Å². The van der Waals surface area contributed by atoms with E-state index in [0.717, 1.165) is 0 Å². The van der Waals surface area contributed by atoms with Crippen LogP contribution in [0.3, 0.4) is 0 Å². The van der Waals surface area contributed by atoms with E-state index >= 15 is 0 Å². The molecule has 0 radical (unpaired) electrons. The van der Waals surface area contributed by atoms with Crippen LogP contribution >= 0.6 is 0 Å². The molecular formula is C18H20O5. The van der Waals surface area contributed by atoms with Crippen molar-refractivity contribution >= 4 is 22.7 Å². The van der Waals surface area contributed by atoms with Crippen LogP contribution in [-0.2, 0) is 9.47 Å². The predicted octanol–water partition coefficient (Wildman–Crippen LogP) is 3.68. The van der Waals surface area contributed by atoms with Crippen molar-refractivity contribution in [2.24, 2.45) is 0 Å². The Morgan fingerprint density at radius 3 is 2.09 bits per heavy atom. The quantitative estimate of drug-likeness (QED) is 0.871. The van der Waals surface area contributed by atoms with Gasteiger partial charge in [0, 0.05) is 0 Å². The molecule has 0 heterocycles. The summed E-state index contributed by atoms with van der Waals surface area (Å²) in [5, 5.41) is 11.4. The molecule has 0 aliphatic rings. The highest BCUT2D eigenvalue weighted by molar-refractivity contribution is 6.01. The van der Waals surface area contributed by atoms with Crippen molar-refractivity contribution in [3.63, 3.8) is 0 Å². The van der Waals surface area contributed by atoms with Gasteiger partial charge >= 0.3 is 11.9 Å². The average Bonchev–Trinajstić information content (AvgIpc) is 2.44. The molecule has 2 aromatic rings. The molecule has 0 saturated heterocycles.